The van der Waals surface area contributed by atoms with Crippen molar-refractivity contribution in [2.75, 3.05) is 19.6 Å². The zero-order chi connectivity index (χ0) is 15.5. The first-order valence-corrected chi connectivity index (χ1v) is 8.60. The average molecular weight is 355 g/mol. The molecule has 1 N–H and O–H groups in total. The maximum Gasteiger partial charge on any atom is 0.241 e. The number of piperidine rings is 1. The Morgan fingerprint density at radius 2 is 1.73 bits per heavy atom. The fraction of sp³-hybridized carbons (Fsp3) is 0.571. The van der Waals surface area contributed by atoms with E-state index in [2.05, 4.69) is 16.5 Å². The highest BCUT2D eigenvalue weighted by atomic mass is 35.5. The molecule has 1 aliphatic rings. The first kappa shape index (κ1) is 19.3. The van der Waals surface area contributed by atoms with Crippen LogP contribution in [-0.4, -0.2) is 39.0 Å². The molecule has 22 heavy (non-hydrogen) atoms. The van der Waals surface area contributed by atoms with E-state index < -0.39 is 21.7 Å². The molecule has 0 bridgehead atoms. The molecule has 1 aromatic rings. The summed E-state index contributed by atoms with van der Waals surface area (Å²) in [4.78, 5) is 1.92. The molecule has 0 amide bonds. The van der Waals surface area contributed by atoms with Gasteiger partial charge in [0.05, 0.1) is 4.90 Å². The van der Waals surface area contributed by atoms with Crippen LogP contribution in [0, 0.1) is 11.6 Å². The van der Waals surface area contributed by atoms with E-state index in [1.54, 1.807) is 0 Å². The largest absolute Gasteiger partial charge is 0.303 e. The number of halogens is 3. The topological polar surface area (TPSA) is 49.4 Å². The minimum atomic E-state index is -3.88. The lowest BCUT2D eigenvalue weighted by Gasteiger charge is -2.31. The number of likely N-dealkylation sites (tertiary alicyclic amines) is 1. The maximum atomic E-state index is 13.1. The lowest BCUT2D eigenvalue weighted by Crippen LogP contribution is -2.44. The van der Waals surface area contributed by atoms with Crippen LogP contribution in [0.5, 0.6) is 0 Å². The zero-order valence-corrected chi connectivity index (χ0v) is 14.0. The second kappa shape index (κ2) is 8.19. The molecular formula is C14H21ClF2N2O2S. The molecule has 0 aromatic heterocycles. The smallest absolute Gasteiger partial charge is 0.241 e. The minimum Gasteiger partial charge on any atom is -0.303 e. The fourth-order valence-corrected chi connectivity index (χ4v) is 3.91. The van der Waals surface area contributed by atoms with E-state index in [-0.39, 0.29) is 23.3 Å². The normalized spacial score (nSPS) is 17.2. The first-order valence-electron chi connectivity index (χ1n) is 7.11. The number of nitrogens with one attached hydrogen (secondary N) is 1. The van der Waals surface area contributed by atoms with Gasteiger partial charge in [-0.1, -0.05) is 6.92 Å². The number of sulfonamides is 1. The van der Waals surface area contributed by atoms with Crippen molar-refractivity contribution in [2.45, 2.75) is 37.1 Å². The Morgan fingerprint density at radius 3 is 2.23 bits per heavy atom. The quantitative estimate of drug-likeness (QED) is 0.884. The van der Waals surface area contributed by atoms with E-state index in [1.807, 2.05) is 0 Å². The molecule has 0 aliphatic carbocycles. The van der Waals surface area contributed by atoms with Gasteiger partial charge >= 0.3 is 0 Å². The van der Waals surface area contributed by atoms with Gasteiger partial charge in [-0.2, -0.15) is 0 Å². The van der Waals surface area contributed by atoms with Crippen LogP contribution < -0.4 is 4.72 Å². The van der Waals surface area contributed by atoms with E-state index >= 15 is 0 Å². The van der Waals surface area contributed by atoms with Crippen molar-refractivity contribution in [1.29, 1.82) is 0 Å². The average Bonchev–Trinajstić information content (AvgIpc) is 2.40. The van der Waals surface area contributed by atoms with Gasteiger partial charge in [0.2, 0.25) is 10.0 Å². The van der Waals surface area contributed by atoms with Gasteiger partial charge in [-0.3, -0.25) is 0 Å². The van der Waals surface area contributed by atoms with Crippen molar-refractivity contribution in [3.8, 4) is 0 Å². The molecule has 1 aliphatic heterocycles. The van der Waals surface area contributed by atoms with Crippen LogP contribution in [0.1, 0.15) is 26.2 Å². The molecule has 1 saturated heterocycles. The Hall–Kier alpha value is -0.760. The summed E-state index contributed by atoms with van der Waals surface area (Å²) in [6, 6.07) is 2.13. The Labute approximate surface area is 136 Å². The van der Waals surface area contributed by atoms with Gasteiger partial charge in [-0.05, 0) is 51.0 Å². The number of benzene rings is 1. The Morgan fingerprint density at radius 1 is 1.18 bits per heavy atom. The van der Waals surface area contributed by atoms with E-state index in [9.17, 15) is 17.2 Å². The van der Waals surface area contributed by atoms with E-state index in [1.165, 1.54) is 0 Å². The third-order valence-corrected chi connectivity index (χ3v) is 5.10. The number of hydrogen-bond donors (Lipinski definition) is 1. The van der Waals surface area contributed by atoms with Crippen LogP contribution in [0.25, 0.3) is 0 Å². The molecule has 0 unspecified atom stereocenters. The third kappa shape index (κ3) is 5.15. The molecule has 4 nitrogen and oxygen atoms in total. The number of nitrogens with zero attached hydrogens (tertiary/aromatic N) is 1. The maximum absolute atomic E-state index is 13.1. The zero-order valence-electron chi connectivity index (χ0n) is 12.4. The molecule has 126 valence electrons. The predicted octanol–water partition coefficient (Wildman–Crippen LogP) is 2.54. The standard InChI is InChI=1S/C14H20F2N2O2S.ClH/c1-2-5-18-6-3-13(4-7-18)17-21(19,20)14-9-11(15)8-12(16)10-14;/h8-10,13,17H,2-7H2,1H3;1H. The van der Waals surface area contributed by atoms with Gasteiger partial charge in [0, 0.05) is 12.1 Å². The summed E-state index contributed by atoms with van der Waals surface area (Å²) in [5.41, 5.74) is 0. The Balaban J connectivity index is 0.00000242. The Kier molecular flexibility index (Phi) is 7.18. The molecular weight excluding hydrogens is 334 g/mol. The first-order chi connectivity index (χ1) is 9.90. The van der Waals surface area contributed by atoms with Crippen LogP contribution in [0.15, 0.2) is 23.1 Å². The van der Waals surface area contributed by atoms with Gasteiger partial charge in [0.1, 0.15) is 11.6 Å². The highest BCUT2D eigenvalue weighted by molar-refractivity contribution is 7.89. The van der Waals surface area contributed by atoms with Gasteiger partial charge in [0.25, 0.3) is 0 Å². The second-order valence-corrected chi connectivity index (χ2v) is 7.06. The SMILES string of the molecule is CCCN1CCC(NS(=O)(=O)c2cc(F)cc(F)c2)CC1.Cl. The van der Waals surface area contributed by atoms with Crippen molar-refractivity contribution in [3.05, 3.63) is 29.8 Å². The van der Waals surface area contributed by atoms with E-state index in [4.69, 9.17) is 0 Å². The summed E-state index contributed by atoms with van der Waals surface area (Å²) in [5, 5.41) is 0. The number of hydrogen-bond acceptors (Lipinski definition) is 3. The molecule has 0 radical (unpaired) electrons. The molecule has 1 aromatic carbocycles. The Bertz CT molecular complexity index is 570. The monoisotopic (exact) mass is 354 g/mol. The van der Waals surface area contributed by atoms with Crippen LogP contribution in [-0.2, 0) is 10.0 Å². The lowest BCUT2D eigenvalue weighted by molar-refractivity contribution is 0.208. The van der Waals surface area contributed by atoms with E-state index in [0.717, 1.165) is 38.2 Å². The fourth-order valence-electron chi connectivity index (χ4n) is 2.56. The molecule has 0 saturated carbocycles. The molecule has 0 spiro atoms. The summed E-state index contributed by atoms with van der Waals surface area (Å²) < 4.78 is 53.1. The lowest BCUT2D eigenvalue weighted by atomic mass is 10.1. The predicted molar refractivity (Wildman–Crippen MR) is 83.7 cm³/mol. The number of rotatable bonds is 5. The van der Waals surface area contributed by atoms with Crippen LogP contribution in [0.2, 0.25) is 0 Å². The van der Waals surface area contributed by atoms with E-state index in [0.29, 0.717) is 18.9 Å². The summed E-state index contributed by atoms with van der Waals surface area (Å²) in [5.74, 6) is -1.79. The molecule has 0 atom stereocenters. The van der Waals surface area contributed by atoms with Gasteiger partial charge in [0.15, 0.2) is 0 Å². The minimum absolute atomic E-state index is 0. The van der Waals surface area contributed by atoms with Crippen molar-refractivity contribution >= 4 is 22.4 Å². The second-order valence-electron chi connectivity index (χ2n) is 5.34. The van der Waals surface area contributed by atoms with Crippen LogP contribution >= 0.6 is 12.4 Å². The van der Waals surface area contributed by atoms with Crippen molar-refractivity contribution in [1.82, 2.24) is 9.62 Å². The molecule has 2 rings (SSSR count). The van der Waals surface area contributed by atoms with Crippen LogP contribution in [0.4, 0.5) is 8.78 Å². The summed E-state index contributed by atoms with van der Waals surface area (Å²) in [6.45, 7) is 4.78. The van der Waals surface area contributed by atoms with Crippen molar-refractivity contribution in [3.63, 3.8) is 0 Å². The van der Waals surface area contributed by atoms with Gasteiger partial charge < -0.3 is 4.90 Å². The van der Waals surface area contributed by atoms with Gasteiger partial charge in [-0.25, -0.2) is 21.9 Å². The third-order valence-electron chi connectivity index (χ3n) is 3.60. The van der Waals surface area contributed by atoms with Gasteiger partial charge in [-0.15, -0.1) is 12.4 Å². The molecule has 1 heterocycles. The summed E-state index contributed by atoms with van der Waals surface area (Å²) in [7, 11) is -3.88. The molecule has 1 fully saturated rings. The highest BCUT2D eigenvalue weighted by Gasteiger charge is 2.25. The van der Waals surface area contributed by atoms with Crippen molar-refractivity contribution < 1.29 is 17.2 Å². The summed E-state index contributed by atoms with van der Waals surface area (Å²) >= 11 is 0. The summed E-state index contributed by atoms with van der Waals surface area (Å²) in [6.07, 6.45) is 2.48. The highest BCUT2D eigenvalue weighted by Crippen LogP contribution is 2.17. The van der Waals surface area contributed by atoms with Crippen LogP contribution in [0.3, 0.4) is 0 Å². The molecule has 8 heteroatoms. The van der Waals surface area contributed by atoms with Crippen molar-refractivity contribution in [2.24, 2.45) is 0 Å².